The summed E-state index contributed by atoms with van der Waals surface area (Å²) in [6, 6.07) is 19.1. The number of carbonyl (C=O) groups excluding carboxylic acids is 2. The van der Waals surface area contributed by atoms with Crippen molar-refractivity contribution < 1.29 is 14.0 Å². The summed E-state index contributed by atoms with van der Waals surface area (Å²) in [5.41, 5.74) is 2.28. The van der Waals surface area contributed by atoms with Crippen LogP contribution in [0.25, 0.3) is 0 Å². The van der Waals surface area contributed by atoms with Crippen LogP contribution in [-0.4, -0.2) is 17.1 Å². The molecular formula is C23H20BrFN2O2S. The Bertz CT molecular complexity index is 1090. The van der Waals surface area contributed by atoms with E-state index < -0.39 is 11.1 Å². The molecule has 0 aromatic heterocycles. The van der Waals surface area contributed by atoms with Crippen molar-refractivity contribution >= 4 is 50.9 Å². The molecule has 2 N–H and O–H groups in total. The topological polar surface area (TPSA) is 58.2 Å². The Kier molecular flexibility index (Phi) is 7.29. The van der Waals surface area contributed by atoms with Gasteiger partial charge in [0.2, 0.25) is 5.91 Å². The first-order valence-electron chi connectivity index (χ1n) is 9.23. The van der Waals surface area contributed by atoms with Crippen molar-refractivity contribution in [3.63, 3.8) is 0 Å². The van der Waals surface area contributed by atoms with Gasteiger partial charge in [-0.1, -0.05) is 40.2 Å². The third kappa shape index (κ3) is 5.70. The molecule has 3 aromatic carbocycles. The van der Waals surface area contributed by atoms with Gasteiger partial charge in [0.1, 0.15) is 5.82 Å². The molecule has 0 aliphatic carbocycles. The zero-order chi connectivity index (χ0) is 21.7. The Morgan fingerprint density at radius 1 is 1.00 bits per heavy atom. The molecule has 3 aromatic rings. The Hall–Kier alpha value is -2.64. The molecule has 3 rings (SSSR count). The second kappa shape index (κ2) is 9.91. The van der Waals surface area contributed by atoms with E-state index in [-0.39, 0.29) is 17.5 Å². The van der Waals surface area contributed by atoms with Crippen LogP contribution in [0.1, 0.15) is 22.8 Å². The average molecular weight is 487 g/mol. The molecule has 0 bridgehead atoms. The molecule has 0 fully saturated rings. The van der Waals surface area contributed by atoms with Crippen LogP contribution in [0.4, 0.5) is 15.8 Å². The molecule has 2 amide bonds. The van der Waals surface area contributed by atoms with Crippen LogP contribution < -0.4 is 10.6 Å². The van der Waals surface area contributed by atoms with Gasteiger partial charge in [0.05, 0.1) is 10.9 Å². The normalized spacial score (nSPS) is 11.6. The van der Waals surface area contributed by atoms with E-state index >= 15 is 0 Å². The minimum atomic E-state index is -0.504. The van der Waals surface area contributed by atoms with Crippen LogP contribution in [0.15, 0.2) is 76.1 Å². The lowest BCUT2D eigenvalue weighted by Crippen LogP contribution is -2.23. The molecule has 154 valence electrons. The second-order valence-electron chi connectivity index (χ2n) is 6.67. The van der Waals surface area contributed by atoms with Crippen LogP contribution in [0.5, 0.6) is 0 Å². The summed E-state index contributed by atoms with van der Waals surface area (Å²) in [7, 11) is 0. The fraction of sp³-hybridized carbons (Fsp3) is 0.130. The zero-order valence-electron chi connectivity index (χ0n) is 16.4. The summed E-state index contributed by atoms with van der Waals surface area (Å²) in [5.74, 6) is -1.00. The Morgan fingerprint density at radius 2 is 1.77 bits per heavy atom. The number of nitrogens with one attached hydrogen (secondary N) is 2. The van der Waals surface area contributed by atoms with E-state index in [0.717, 1.165) is 10.5 Å². The van der Waals surface area contributed by atoms with Gasteiger partial charge in [0.25, 0.3) is 5.91 Å². The van der Waals surface area contributed by atoms with E-state index in [1.54, 1.807) is 25.1 Å². The van der Waals surface area contributed by atoms with Crippen molar-refractivity contribution in [3.8, 4) is 0 Å². The summed E-state index contributed by atoms with van der Waals surface area (Å²) < 4.78 is 14.6. The number of amides is 2. The number of hydrogen-bond acceptors (Lipinski definition) is 3. The van der Waals surface area contributed by atoms with E-state index in [9.17, 15) is 14.0 Å². The standard InChI is InChI=1S/C23H20BrFN2O2S/c1-14-6-3-4-9-19(14)23(29)26-17-7-5-8-18(13-17)30-15(2)22(28)27-21-11-10-16(24)12-20(21)25/h3-13,15H,1-2H3,(H,26,29)(H,27,28). The molecule has 7 heteroatoms. The first-order valence-corrected chi connectivity index (χ1v) is 10.9. The quantitative estimate of drug-likeness (QED) is 0.403. The number of carbonyl (C=O) groups is 2. The summed E-state index contributed by atoms with van der Waals surface area (Å²) in [6.07, 6.45) is 0. The van der Waals surface area contributed by atoms with E-state index in [1.807, 2.05) is 43.3 Å². The Labute approximate surface area is 187 Å². The van der Waals surface area contributed by atoms with Gasteiger partial charge in [-0.15, -0.1) is 11.8 Å². The van der Waals surface area contributed by atoms with Gasteiger partial charge in [-0.3, -0.25) is 9.59 Å². The lowest BCUT2D eigenvalue weighted by atomic mass is 10.1. The molecular weight excluding hydrogens is 467 g/mol. The number of anilines is 2. The third-order valence-electron chi connectivity index (χ3n) is 4.35. The maximum Gasteiger partial charge on any atom is 0.255 e. The minimum Gasteiger partial charge on any atom is -0.323 e. The molecule has 1 unspecified atom stereocenters. The van der Waals surface area contributed by atoms with Gasteiger partial charge >= 0.3 is 0 Å². The number of aryl methyl sites for hydroxylation is 1. The molecule has 0 saturated heterocycles. The minimum absolute atomic E-state index is 0.134. The van der Waals surface area contributed by atoms with E-state index in [1.165, 1.54) is 23.9 Å². The maximum absolute atomic E-state index is 14.0. The third-order valence-corrected chi connectivity index (χ3v) is 5.94. The molecule has 0 radical (unpaired) electrons. The molecule has 0 spiro atoms. The molecule has 0 heterocycles. The number of rotatable bonds is 6. The SMILES string of the molecule is Cc1ccccc1C(=O)Nc1cccc(SC(C)C(=O)Nc2ccc(Br)cc2F)c1. The molecule has 1 atom stereocenters. The van der Waals surface area contributed by atoms with E-state index in [0.29, 0.717) is 15.7 Å². The lowest BCUT2D eigenvalue weighted by molar-refractivity contribution is -0.115. The highest BCUT2D eigenvalue weighted by molar-refractivity contribution is 9.10. The molecule has 30 heavy (non-hydrogen) atoms. The number of halogens is 2. The highest BCUT2D eigenvalue weighted by atomic mass is 79.9. The summed E-state index contributed by atoms with van der Waals surface area (Å²) in [4.78, 5) is 25.8. The van der Waals surface area contributed by atoms with Gasteiger partial charge < -0.3 is 10.6 Å². The van der Waals surface area contributed by atoms with E-state index in [2.05, 4.69) is 26.6 Å². The molecule has 0 aliphatic rings. The molecule has 0 aliphatic heterocycles. The van der Waals surface area contributed by atoms with Gasteiger partial charge in [-0.2, -0.15) is 0 Å². The largest absolute Gasteiger partial charge is 0.323 e. The first kappa shape index (κ1) is 22.1. The predicted octanol–water partition coefficient (Wildman–Crippen LogP) is 6.27. The predicted molar refractivity (Wildman–Crippen MR) is 124 cm³/mol. The van der Waals surface area contributed by atoms with Crippen molar-refractivity contribution in [2.75, 3.05) is 10.6 Å². The van der Waals surface area contributed by atoms with Crippen molar-refractivity contribution in [1.82, 2.24) is 0 Å². The van der Waals surface area contributed by atoms with Crippen LogP contribution in [-0.2, 0) is 4.79 Å². The van der Waals surface area contributed by atoms with Crippen molar-refractivity contribution in [2.45, 2.75) is 24.0 Å². The van der Waals surface area contributed by atoms with Crippen LogP contribution in [0.2, 0.25) is 0 Å². The Balaban J connectivity index is 1.65. The van der Waals surface area contributed by atoms with Crippen LogP contribution >= 0.6 is 27.7 Å². The van der Waals surface area contributed by atoms with Gasteiger partial charge in [-0.05, 0) is 61.9 Å². The van der Waals surface area contributed by atoms with Crippen LogP contribution in [0, 0.1) is 12.7 Å². The smallest absolute Gasteiger partial charge is 0.255 e. The summed E-state index contributed by atoms with van der Waals surface area (Å²) in [5, 5.41) is 5.03. The maximum atomic E-state index is 14.0. The first-order chi connectivity index (χ1) is 14.3. The number of benzene rings is 3. The van der Waals surface area contributed by atoms with Gasteiger partial charge in [-0.25, -0.2) is 4.39 Å². The van der Waals surface area contributed by atoms with Crippen molar-refractivity contribution in [3.05, 3.63) is 88.1 Å². The fourth-order valence-electron chi connectivity index (χ4n) is 2.76. The second-order valence-corrected chi connectivity index (χ2v) is 9.00. The number of thioether (sulfide) groups is 1. The number of hydrogen-bond donors (Lipinski definition) is 2. The van der Waals surface area contributed by atoms with E-state index in [4.69, 9.17) is 0 Å². The molecule has 4 nitrogen and oxygen atoms in total. The summed E-state index contributed by atoms with van der Waals surface area (Å²) >= 11 is 4.52. The average Bonchev–Trinajstić information content (AvgIpc) is 2.70. The fourth-order valence-corrected chi connectivity index (χ4v) is 4.02. The van der Waals surface area contributed by atoms with Crippen LogP contribution in [0.3, 0.4) is 0 Å². The van der Waals surface area contributed by atoms with Crippen molar-refractivity contribution in [2.24, 2.45) is 0 Å². The monoisotopic (exact) mass is 486 g/mol. The van der Waals surface area contributed by atoms with Gasteiger partial charge in [0.15, 0.2) is 0 Å². The van der Waals surface area contributed by atoms with Crippen molar-refractivity contribution in [1.29, 1.82) is 0 Å². The zero-order valence-corrected chi connectivity index (χ0v) is 18.8. The van der Waals surface area contributed by atoms with Gasteiger partial charge in [0, 0.05) is 20.6 Å². The Morgan fingerprint density at radius 3 is 2.50 bits per heavy atom. The highest BCUT2D eigenvalue weighted by Gasteiger charge is 2.17. The lowest BCUT2D eigenvalue weighted by Gasteiger charge is -2.14. The summed E-state index contributed by atoms with van der Waals surface area (Å²) in [6.45, 7) is 3.63. The highest BCUT2D eigenvalue weighted by Crippen LogP contribution is 2.28. The molecule has 0 saturated carbocycles.